The number of ether oxygens (including phenoxy) is 1. The van der Waals surface area contributed by atoms with Crippen LogP contribution in [0.15, 0.2) is 0 Å². The lowest BCUT2D eigenvalue weighted by molar-refractivity contribution is 0.0867. The maximum Gasteiger partial charge on any atom is 0.0693 e. The zero-order valence-corrected chi connectivity index (χ0v) is 11.3. The van der Waals surface area contributed by atoms with Crippen LogP contribution in [0.2, 0.25) is 0 Å². The summed E-state index contributed by atoms with van der Waals surface area (Å²) < 4.78 is 5.29. The Morgan fingerprint density at radius 3 is 2.50 bits per heavy atom. The first kappa shape index (κ1) is 13.9. The van der Waals surface area contributed by atoms with Crippen LogP contribution in [-0.2, 0) is 4.74 Å². The highest BCUT2D eigenvalue weighted by Gasteiger charge is 2.15. The Labute approximate surface area is 101 Å². The van der Waals surface area contributed by atoms with E-state index in [1.54, 1.807) is 7.11 Å². The zero-order chi connectivity index (χ0) is 12.0. The highest BCUT2D eigenvalue weighted by atomic mass is 16.5. The van der Waals surface area contributed by atoms with Gasteiger partial charge in [0.05, 0.1) is 6.10 Å². The molecule has 0 spiro atoms. The number of rotatable bonds is 6. The lowest BCUT2D eigenvalue weighted by Crippen LogP contribution is -2.43. The minimum Gasteiger partial charge on any atom is -0.380 e. The molecule has 0 bridgehead atoms. The molecule has 0 aliphatic carbocycles. The van der Waals surface area contributed by atoms with Crippen LogP contribution in [0.25, 0.3) is 0 Å². The van der Waals surface area contributed by atoms with Gasteiger partial charge in [-0.2, -0.15) is 0 Å². The van der Waals surface area contributed by atoms with E-state index in [1.165, 1.54) is 32.5 Å². The molecule has 0 amide bonds. The molecule has 3 nitrogen and oxygen atoms in total. The maximum atomic E-state index is 5.29. The number of nitrogens with zero attached hydrogens (tertiary/aromatic N) is 1. The van der Waals surface area contributed by atoms with E-state index in [4.69, 9.17) is 4.74 Å². The van der Waals surface area contributed by atoms with Crippen molar-refractivity contribution in [3.8, 4) is 0 Å². The van der Waals surface area contributed by atoms with E-state index in [-0.39, 0.29) is 0 Å². The molecule has 1 fully saturated rings. The Morgan fingerprint density at radius 2 is 1.94 bits per heavy atom. The Bertz CT molecular complexity index is 179. The molecule has 1 N–H and O–H groups in total. The summed E-state index contributed by atoms with van der Waals surface area (Å²) in [6.45, 7) is 11.5. The third kappa shape index (κ3) is 4.81. The van der Waals surface area contributed by atoms with Gasteiger partial charge in [0.15, 0.2) is 0 Å². The zero-order valence-electron chi connectivity index (χ0n) is 11.3. The number of piperidine rings is 1. The van der Waals surface area contributed by atoms with Gasteiger partial charge in [-0.25, -0.2) is 0 Å². The number of hydrogen-bond acceptors (Lipinski definition) is 3. The van der Waals surface area contributed by atoms with Gasteiger partial charge in [-0.15, -0.1) is 0 Å². The second kappa shape index (κ2) is 7.25. The van der Waals surface area contributed by atoms with E-state index in [9.17, 15) is 0 Å². The number of likely N-dealkylation sites (tertiary alicyclic amines) is 1. The molecular weight excluding hydrogens is 200 g/mol. The number of methoxy groups -OCH3 is 1. The summed E-state index contributed by atoms with van der Waals surface area (Å²) in [6.07, 6.45) is 3.02. The van der Waals surface area contributed by atoms with Crippen LogP contribution in [0.3, 0.4) is 0 Å². The van der Waals surface area contributed by atoms with Crippen molar-refractivity contribution in [3.63, 3.8) is 0 Å². The Balaban J connectivity index is 2.06. The molecule has 0 aromatic rings. The summed E-state index contributed by atoms with van der Waals surface area (Å²) in [7, 11) is 1.77. The number of nitrogens with one attached hydrogen (secondary N) is 1. The topological polar surface area (TPSA) is 24.5 Å². The van der Waals surface area contributed by atoms with Crippen LogP contribution < -0.4 is 5.32 Å². The highest BCUT2D eigenvalue weighted by Crippen LogP contribution is 2.15. The van der Waals surface area contributed by atoms with E-state index >= 15 is 0 Å². The SMILES string of the molecule is COC(C)C(C)NCCN1CCC(C)CC1. The van der Waals surface area contributed by atoms with E-state index in [2.05, 4.69) is 31.0 Å². The summed E-state index contributed by atoms with van der Waals surface area (Å²) in [5.41, 5.74) is 0. The Hall–Kier alpha value is -0.120. The van der Waals surface area contributed by atoms with Gasteiger partial charge in [0.1, 0.15) is 0 Å². The molecule has 1 saturated heterocycles. The van der Waals surface area contributed by atoms with Crippen LogP contribution in [-0.4, -0.2) is 50.3 Å². The highest BCUT2D eigenvalue weighted by molar-refractivity contribution is 4.72. The molecular formula is C13H28N2O. The van der Waals surface area contributed by atoms with E-state index < -0.39 is 0 Å². The van der Waals surface area contributed by atoms with Gasteiger partial charge in [-0.05, 0) is 45.7 Å². The largest absolute Gasteiger partial charge is 0.380 e. The molecule has 0 saturated carbocycles. The van der Waals surface area contributed by atoms with Crippen LogP contribution in [0.1, 0.15) is 33.6 Å². The average molecular weight is 228 g/mol. The van der Waals surface area contributed by atoms with Gasteiger partial charge < -0.3 is 15.0 Å². The summed E-state index contributed by atoms with van der Waals surface area (Å²) in [6, 6.07) is 0.439. The fraction of sp³-hybridized carbons (Fsp3) is 1.00. The third-order valence-electron chi connectivity index (χ3n) is 3.85. The van der Waals surface area contributed by atoms with Crippen LogP contribution in [0.4, 0.5) is 0 Å². The number of hydrogen-bond donors (Lipinski definition) is 1. The fourth-order valence-corrected chi connectivity index (χ4v) is 2.11. The minimum absolute atomic E-state index is 0.293. The molecule has 1 heterocycles. The van der Waals surface area contributed by atoms with Gasteiger partial charge >= 0.3 is 0 Å². The monoisotopic (exact) mass is 228 g/mol. The first-order chi connectivity index (χ1) is 7.63. The van der Waals surface area contributed by atoms with Gasteiger partial charge in [0.25, 0.3) is 0 Å². The van der Waals surface area contributed by atoms with Crippen molar-refractivity contribution in [1.82, 2.24) is 10.2 Å². The molecule has 96 valence electrons. The second-order valence-corrected chi connectivity index (χ2v) is 5.21. The van der Waals surface area contributed by atoms with Crippen molar-refractivity contribution in [2.24, 2.45) is 5.92 Å². The molecule has 2 unspecified atom stereocenters. The lowest BCUT2D eigenvalue weighted by Gasteiger charge is -2.31. The summed E-state index contributed by atoms with van der Waals surface area (Å²) in [5.74, 6) is 0.927. The van der Waals surface area contributed by atoms with Gasteiger partial charge in [0.2, 0.25) is 0 Å². The molecule has 0 aromatic heterocycles. The van der Waals surface area contributed by atoms with Gasteiger partial charge in [-0.3, -0.25) is 0 Å². The lowest BCUT2D eigenvalue weighted by atomic mass is 9.99. The quantitative estimate of drug-likeness (QED) is 0.749. The van der Waals surface area contributed by atoms with Crippen LogP contribution in [0, 0.1) is 5.92 Å². The molecule has 1 aliphatic heterocycles. The normalized spacial score (nSPS) is 23.2. The second-order valence-electron chi connectivity index (χ2n) is 5.21. The van der Waals surface area contributed by atoms with Crippen molar-refractivity contribution in [2.45, 2.75) is 45.8 Å². The first-order valence-electron chi connectivity index (χ1n) is 6.62. The Morgan fingerprint density at radius 1 is 1.31 bits per heavy atom. The molecule has 0 aromatic carbocycles. The molecule has 1 rings (SSSR count). The van der Waals surface area contributed by atoms with Crippen molar-refractivity contribution in [2.75, 3.05) is 33.3 Å². The van der Waals surface area contributed by atoms with Crippen LogP contribution in [0.5, 0.6) is 0 Å². The van der Waals surface area contributed by atoms with E-state index in [1.807, 2.05) is 0 Å². The Kier molecular flexibility index (Phi) is 6.32. The van der Waals surface area contributed by atoms with E-state index in [0.717, 1.165) is 12.5 Å². The standard InChI is InChI=1S/C13H28N2O/c1-11-5-8-15(9-6-11)10-7-14-12(2)13(3)16-4/h11-14H,5-10H2,1-4H3. The molecule has 0 radical (unpaired) electrons. The van der Waals surface area contributed by atoms with Gasteiger partial charge in [0, 0.05) is 26.2 Å². The fourth-order valence-electron chi connectivity index (χ4n) is 2.11. The maximum absolute atomic E-state index is 5.29. The summed E-state index contributed by atoms with van der Waals surface area (Å²) in [4.78, 5) is 2.57. The predicted molar refractivity (Wildman–Crippen MR) is 68.8 cm³/mol. The van der Waals surface area contributed by atoms with Gasteiger partial charge in [-0.1, -0.05) is 6.92 Å². The smallest absolute Gasteiger partial charge is 0.0693 e. The van der Waals surface area contributed by atoms with Crippen molar-refractivity contribution in [1.29, 1.82) is 0 Å². The predicted octanol–water partition coefficient (Wildman–Crippen LogP) is 1.73. The van der Waals surface area contributed by atoms with Crippen molar-refractivity contribution in [3.05, 3.63) is 0 Å². The van der Waals surface area contributed by atoms with E-state index in [0.29, 0.717) is 12.1 Å². The minimum atomic E-state index is 0.293. The summed E-state index contributed by atoms with van der Waals surface area (Å²) in [5, 5.41) is 3.53. The van der Waals surface area contributed by atoms with Crippen molar-refractivity contribution < 1.29 is 4.74 Å². The molecule has 16 heavy (non-hydrogen) atoms. The molecule has 1 aliphatic rings. The van der Waals surface area contributed by atoms with Crippen molar-refractivity contribution >= 4 is 0 Å². The first-order valence-corrected chi connectivity index (χ1v) is 6.62. The average Bonchev–Trinajstić information content (AvgIpc) is 2.30. The third-order valence-corrected chi connectivity index (χ3v) is 3.85. The van der Waals surface area contributed by atoms with Crippen LogP contribution >= 0.6 is 0 Å². The summed E-state index contributed by atoms with van der Waals surface area (Å²) >= 11 is 0. The molecule has 3 heteroatoms. The molecule has 2 atom stereocenters.